The molecule has 0 amide bonds. The van der Waals surface area contributed by atoms with Crippen molar-refractivity contribution in [3.8, 4) is 0 Å². The highest BCUT2D eigenvalue weighted by atomic mass is 14.8. The molecule has 15 heavy (non-hydrogen) atoms. The number of benzene rings is 1. The average Bonchev–Trinajstić information content (AvgIpc) is 2.99. The molecule has 0 aromatic heterocycles. The van der Waals surface area contributed by atoms with Crippen LogP contribution in [0.15, 0.2) is 41.5 Å². The Morgan fingerprint density at radius 1 is 1.20 bits per heavy atom. The Morgan fingerprint density at radius 2 is 1.87 bits per heavy atom. The van der Waals surface area contributed by atoms with Crippen molar-refractivity contribution in [2.24, 2.45) is 16.5 Å². The molecule has 3 heteroatoms. The average molecular weight is 201 g/mol. The van der Waals surface area contributed by atoms with E-state index in [-0.39, 0.29) is 5.54 Å². The maximum absolute atomic E-state index is 6.07. The van der Waals surface area contributed by atoms with Gasteiger partial charge in [0.15, 0.2) is 0 Å². The van der Waals surface area contributed by atoms with E-state index in [9.17, 15) is 0 Å². The largest absolute Gasteiger partial charge is 0.405 e. The van der Waals surface area contributed by atoms with E-state index < -0.39 is 0 Å². The lowest BCUT2D eigenvalue weighted by molar-refractivity contribution is 0.740. The Hall–Kier alpha value is -1.61. The van der Waals surface area contributed by atoms with Crippen LogP contribution >= 0.6 is 0 Å². The molecule has 0 aliphatic heterocycles. The molecule has 1 aromatic carbocycles. The standard InChI is InChI=1S/C12H15N3/c13-8-1-9-15-11-4-2-10(3-5-11)12(14)6-7-12/h1-5,8-9H,6-7,13-14H2. The normalized spacial score (nSPS) is 18.7. The van der Waals surface area contributed by atoms with Crippen LogP contribution in [-0.4, -0.2) is 6.21 Å². The van der Waals surface area contributed by atoms with Crippen molar-refractivity contribution < 1.29 is 0 Å². The van der Waals surface area contributed by atoms with Gasteiger partial charge in [0.25, 0.3) is 0 Å². The molecular formula is C12H15N3. The minimum atomic E-state index is -0.0561. The first kappa shape index (κ1) is 9.93. The van der Waals surface area contributed by atoms with Crippen molar-refractivity contribution in [2.75, 3.05) is 0 Å². The molecule has 1 aliphatic carbocycles. The van der Waals surface area contributed by atoms with Crippen LogP contribution in [0, 0.1) is 0 Å². The number of hydrogen-bond donors (Lipinski definition) is 2. The first-order valence-electron chi connectivity index (χ1n) is 5.05. The minimum absolute atomic E-state index is 0.0561. The fraction of sp³-hybridized carbons (Fsp3) is 0.250. The molecule has 0 bridgehead atoms. The number of rotatable bonds is 3. The molecule has 0 heterocycles. The van der Waals surface area contributed by atoms with E-state index in [1.54, 1.807) is 12.3 Å². The molecule has 1 saturated carbocycles. The van der Waals surface area contributed by atoms with Gasteiger partial charge in [0.2, 0.25) is 0 Å². The summed E-state index contributed by atoms with van der Waals surface area (Å²) >= 11 is 0. The van der Waals surface area contributed by atoms with Gasteiger partial charge in [-0.3, -0.25) is 4.99 Å². The van der Waals surface area contributed by atoms with Crippen molar-refractivity contribution in [1.82, 2.24) is 0 Å². The number of hydrogen-bond acceptors (Lipinski definition) is 3. The summed E-state index contributed by atoms with van der Waals surface area (Å²) in [5, 5.41) is 0. The molecule has 1 aromatic rings. The van der Waals surface area contributed by atoms with Crippen LogP contribution in [0.25, 0.3) is 0 Å². The van der Waals surface area contributed by atoms with Gasteiger partial charge in [-0.15, -0.1) is 0 Å². The van der Waals surface area contributed by atoms with Gasteiger partial charge in [-0.05, 0) is 42.8 Å². The number of nitrogens with two attached hydrogens (primary N) is 2. The Balaban J connectivity index is 2.10. The number of nitrogens with zero attached hydrogens (tertiary/aromatic N) is 1. The smallest absolute Gasteiger partial charge is 0.0629 e. The second-order valence-corrected chi connectivity index (χ2v) is 3.87. The van der Waals surface area contributed by atoms with Gasteiger partial charge in [-0.1, -0.05) is 12.1 Å². The van der Waals surface area contributed by atoms with E-state index in [0.717, 1.165) is 18.5 Å². The van der Waals surface area contributed by atoms with Crippen LogP contribution < -0.4 is 11.5 Å². The van der Waals surface area contributed by atoms with Crippen molar-refractivity contribution in [3.63, 3.8) is 0 Å². The molecule has 0 saturated heterocycles. The summed E-state index contributed by atoms with van der Waals surface area (Å²) in [5.74, 6) is 0. The lowest BCUT2D eigenvalue weighted by atomic mass is 10.1. The fourth-order valence-electron chi connectivity index (χ4n) is 1.48. The molecule has 3 nitrogen and oxygen atoms in total. The van der Waals surface area contributed by atoms with Crippen molar-refractivity contribution >= 4 is 11.9 Å². The highest BCUT2D eigenvalue weighted by Crippen LogP contribution is 2.42. The molecule has 0 atom stereocenters. The summed E-state index contributed by atoms with van der Waals surface area (Å²) in [4.78, 5) is 4.21. The summed E-state index contributed by atoms with van der Waals surface area (Å²) in [6.45, 7) is 0. The van der Waals surface area contributed by atoms with Crippen LogP contribution in [0.4, 0.5) is 5.69 Å². The molecule has 1 aliphatic rings. The lowest BCUT2D eigenvalue weighted by Gasteiger charge is -2.08. The molecular weight excluding hydrogens is 186 g/mol. The summed E-state index contributed by atoms with van der Waals surface area (Å²) in [5.41, 5.74) is 13.3. The Morgan fingerprint density at radius 3 is 2.40 bits per heavy atom. The van der Waals surface area contributed by atoms with Gasteiger partial charge in [-0.25, -0.2) is 0 Å². The molecule has 0 unspecified atom stereocenters. The van der Waals surface area contributed by atoms with Gasteiger partial charge in [0.05, 0.1) is 5.69 Å². The van der Waals surface area contributed by atoms with E-state index >= 15 is 0 Å². The SMILES string of the molecule is NC=CC=Nc1ccc(C2(N)CC2)cc1. The minimum Gasteiger partial charge on any atom is -0.405 e. The zero-order chi connectivity index (χ0) is 10.7. The Kier molecular flexibility index (Phi) is 2.56. The zero-order valence-corrected chi connectivity index (χ0v) is 8.56. The molecule has 78 valence electrons. The van der Waals surface area contributed by atoms with E-state index in [2.05, 4.69) is 4.99 Å². The molecule has 4 N–H and O–H groups in total. The van der Waals surface area contributed by atoms with Crippen molar-refractivity contribution in [3.05, 3.63) is 42.1 Å². The number of aliphatic imine (C=N–C) groups is 1. The van der Waals surface area contributed by atoms with E-state index in [4.69, 9.17) is 11.5 Å². The molecule has 1 fully saturated rings. The summed E-state index contributed by atoms with van der Waals surface area (Å²) in [7, 11) is 0. The monoisotopic (exact) mass is 201 g/mol. The van der Waals surface area contributed by atoms with E-state index in [1.807, 2.05) is 24.3 Å². The third-order valence-corrected chi connectivity index (χ3v) is 2.65. The second-order valence-electron chi connectivity index (χ2n) is 3.87. The molecule has 0 spiro atoms. The lowest BCUT2D eigenvalue weighted by Crippen LogP contribution is -2.18. The second kappa shape index (κ2) is 3.87. The maximum atomic E-state index is 6.07. The fourth-order valence-corrected chi connectivity index (χ4v) is 1.48. The number of allylic oxidation sites excluding steroid dienone is 1. The third-order valence-electron chi connectivity index (χ3n) is 2.65. The Labute approximate surface area is 89.5 Å². The van der Waals surface area contributed by atoms with Gasteiger partial charge < -0.3 is 11.5 Å². The molecule has 0 radical (unpaired) electrons. The van der Waals surface area contributed by atoms with Crippen LogP contribution in [0.2, 0.25) is 0 Å². The summed E-state index contributed by atoms with van der Waals surface area (Å²) in [6.07, 6.45) is 7.00. The molecule has 2 rings (SSSR count). The van der Waals surface area contributed by atoms with Crippen molar-refractivity contribution in [1.29, 1.82) is 0 Å². The maximum Gasteiger partial charge on any atom is 0.0629 e. The Bertz CT molecular complexity index is 386. The highest BCUT2D eigenvalue weighted by molar-refractivity contribution is 5.74. The summed E-state index contributed by atoms with van der Waals surface area (Å²) in [6, 6.07) is 8.05. The van der Waals surface area contributed by atoms with E-state index in [0.29, 0.717) is 0 Å². The van der Waals surface area contributed by atoms with Crippen LogP contribution in [0.1, 0.15) is 18.4 Å². The summed E-state index contributed by atoms with van der Waals surface area (Å²) < 4.78 is 0. The highest BCUT2D eigenvalue weighted by Gasteiger charge is 2.39. The topological polar surface area (TPSA) is 64.4 Å². The van der Waals surface area contributed by atoms with E-state index in [1.165, 1.54) is 11.8 Å². The van der Waals surface area contributed by atoms with Gasteiger partial charge in [0.1, 0.15) is 0 Å². The van der Waals surface area contributed by atoms with Crippen molar-refractivity contribution in [2.45, 2.75) is 18.4 Å². The predicted molar refractivity (Wildman–Crippen MR) is 63.0 cm³/mol. The first-order valence-corrected chi connectivity index (χ1v) is 5.05. The quantitative estimate of drug-likeness (QED) is 0.732. The van der Waals surface area contributed by atoms with Gasteiger partial charge >= 0.3 is 0 Å². The third kappa shape index (κ3) is 2.25. The zero-order valence-electron chi connectivity index (χ0n) is 8.56. The predicted octanol–water partition coefficient (Wildman–Crippen LogP) is 1.81. The first-order chi connectivity index (χ1) is 7.24. The van der Waals surface area contributed by atoms with Gasteiger partial charge in [0, 0.05) is 11.8 Å². The van der Waals surface area contributed by atoms with Crippen LogP contribution in [0.3, 0.4) is 0 Å². The van der Waals surface area contributed by atoms with Gasteiger partial charge in [-0.2, -0.15) is 0 Å². The van der Waals surface area contributed by atoms with Crippen LogP contribution in [-0.2, 0) is 5.54 Å². The van der Waals surface area contributed by atoms with Crippen LogP contribution in [0.5, 0.6) is 0 Å².